The molecule has 0 saturated carbocycles. The van der Waals surface area contributed by atoms with E-state index in [2.05, 4.69) is 25.6 Å². The van der Waals surface area contributed by atoms with Crippen molar-refractivity contribution in [2.24, 2.45) is 0 Å². The van der Waals surface area contributed by atoms with Crippen molar-refractivity contribution in [2.45, 2.75) is 12.1 Å². The summed E-state index contributed by atoms with van der Waals surface area (Å²) in [6.07, 6.45) is -1.60. The Bertz CT molecular complexity index is 1590. The van der Waals surface area contributed by atoms with Gasteiger partial charge in [0, 0.05) is 22.7 Å². The number of nitrogens with zero attached hydrogens (tertiary/aromatic N) is 1. The Morgan fingerprint density at radius 2 is 1.68 bits per heavy atom. The molecular formula is C27H26N6O5. The predicted octanol–water partition coefficient (Wildman–Crippen LogP) is 3.11. The van der Waals surface area contributed by atoms with E-state index >= 15 is 0 Å². The highest BCUT2D eigenvalue weighted by atomic mass is 16.5. The number of carbonyl (C=O) groups is 2. The lowest BCUT2D eigenvalue weighted by Gasteiger charge is -2.24. The van der Waals surface area contributed by atoms with Gasteiger partial charge in [0.2, 0.25) is 0 Å². The number of hydrogen-bond donors (Lipinski definition) is 6. The van der Waals surface area contributed by atoms with Crippen molar-refractivity contribution in [3.8, 4) is 11.5 Å². The van der Waals surface area contributed by atoms with Gasteiger partial charge in [0.15, 0.2) is 23.6 Å². The van der Waals surface area contributed by atoms with Crippen molar-refractivity contribution in [3.63, 3.8) is 0 Å². The summed E-state index contributed by atoms with van der Waals surface area (Å²) in [7, 11) is 3.06. The fourth-order valence-electron chi connectivity index (χ4n) is 4.28. The fraction of sp³-hybridized carbons (Fsp3) is 0.148. The number of rotatable bonds is 8. The first-order chi connectivity index (χ1) is 18.4. The maximum Gasteiger partial charge on any atom is 0.268 e. The van der Waals surface area contributed by atoms with Gasteiger partial charge in [-0.05, 0) is 35.9 Å². The number of hydrogen-bond acceptors (Lipinski definition) is 7. The van der Waals surface area contributed by atoms with Crippen LogP contribution in [0, 0.1) is 0 Å². The van der Waals surface area contributed by atoms with Crippen molar-refractivity contribution < 1.29 is 24.2 Å². The highest BCUT2D eigenvalue weighted by Crippen LogP contribution is 2.32. The standard InChI is InChI=1S/C27H26N6O5/c1-37-21-11-15-10-20(30-18(15)13-22(21)38-2)25(35)33-23(14-6-4-3-5-7-14)24(34)26(36)29-16-8-9-17-19(12-16)32-27(28)31-17/h3-13,23-24,30,34H,1-2H3,(H,29,36)(H,33,35)(H3,28,31,32). The summed E-state index contributed by atoms with van der Waals surface area (Å²) in [5.41, 5.74) is 8.86. The second-order valence-corrected chi connectivity index (χ2v) is 8.63. The Kier molecular flexibility index (Phi) is 6.58. The molecule has 0 radical (unpaired) electrons. The quantitative estimate of drug-likeness (QED) is 0.185. The first-order valence-corrected chi connectivity index (χ1v) is 11.7. The topological polar surface area (TPSA) is 167 Å². The van der Waals surface area contributed by atoms with Crippen LogP contribution in [0.1, 0.15) is 22.1 Å². The lowest BCUT2D eigenvalue weighted by atomic mass is 10.00. The Balaban J connectivity index is 1.39. The van der Waals surface area contributed by atoms with E-state index in [4.69, 9.17) is 15.2 Å². The van der Waals surface area contributed by atoms with Gasteiger partial charge in [-0.1, -0.05) is 30.3 Å². The highest BCUT2D eigenvalue weighted by Gasteiger charge is 2.30. The summed E-state index contributed by atoms with van der Waals surface area (Å²) in [5, 5.41) is 17.3. The number of anilines is 2. The molecule has 2 amide bonds. The van der Waals surface area contributed by atoms with Gasteiger partial charge in [0.05, 0.1) is 31.3 Å². The van der Waals surface area contributed by atoms with Crippen LogP contribution in [0.2, 0.25) is 0 Å². The van der Waals surface area contributed by atoms with Crippen LogP contribution >= 0.6 is 0 Å². The number of methoxy groups -OCH3 is 2. The molecule has 7 N–H and O–H groups in total. The van der Waals surface area contributed by atoms with E-state index < -0.39 is 24.0 Å². The Hall–Kier alpha value is -5.03. The summed E-state index contributed by atoms with van der Waals surface area (Å²) in [6, 6.07) is 17.9. The molecule has 0 saturated heterocycles. The molecule has 0 aliphatic carbocycles. The molecule has 38 heavy (non-hydrogen) atoms. The molecule has 0 spiro atoms. The van der Waals surface area contributed by atoms with E-state index in [0.717, 1.165) is 5.39 Å². The fourth-order valence-corrected chi connectivity index (χ4v) is 4.28. The molecular weight excluding hydrogens is 488 g/mol. The first-order valence-electron chi connectivity index (χ1n) is 11.7. The number of aliphatic hydroxyl groups is 1. The van der Waals surface area contributed by atoms with Crippen molar-refractivity contribution >= 4 is 45.4 Å². The number of benzene rings is 3. The number of imidazole rings is 1. The normalized spacial score (nSPS) is 12.7. The largest absolute Gasteiger partial charge is 0.493 e. The van der Waals surface area contributed by atoms with Crippen LogP contribution in [0.3, 0.4) is 0 Å². The van der Waals surface area contributed by atoms with E-state index in [1.807, 2.05) is 0 Å². The number of nitrogens with two attached hydrogens (primary N) is 1. The minimum Gasteiger partial charge on any atom is -0.493 e. The molecule has 2 heterocycles. The zero-order chi connectivity index (χ0) is 26.8. The smallest absolute Gasteiger partial charge is 0.268 e. The van der Waals surface area contributed by atoms with Gasteiger partial charge in [-0.25, -0.2) is 4.98 Å². The van der Waals surface area contributed by atoms with Crippen LogP contribution in [0.25, 0.3) is 21.9 Å². The number of aromatic amines is 2. The highest BCUT2D eigenvalue weighted by molar-refractivity contribution is 6.00. The molecule has 0 bridgehead atoms. The van der Waals surface area contributed by atoms with Crippen LogP contribution < -0.4 is 25.8 Å². The van der Waals surface area contributed by atoms with Crippen LogP contribution in [0.4, 0.5) is 11.6 Å². The molecule has 0 aliphatic heterocycles. The van der Waals surface area contributed by atoms with E-state index in [1.165, 1.54) is 14.2 Å². The predicted molar refractivity (Wildman–Crippen MR) is 143 cm³/mol. The second kappa shape index (κ2) is 10.1. The van der Waals surface area contributed by atoms with Crippen molar-refractivity contribution in [3.05, 3.63) is 78.0 Å². The molecule has 0 aliphatic rings. The molecule has 2 unspecified atom stereocenters. The maximum atomic E-state index is 13.3. The second-order valence-electron chi connectivity index (χ2n) is 8.63. The lowest BCUT2D eigenvalue weighted by Crippen LogP contribution is -2.42. The van der Waals surface area contributed by atoms with Gasteiger partial charge >= 0.3 is 0 Å². The number of carbonyl (C=O) groups excluding carboxylic acids is 2. The van der Waals surface area contributed by atoms with Crippen LogP contribution in [-0.2, 0) is 4.79 Å². The van der Waals surface area contributed by atoms with Crippen LogP contribution in [0.5, 0.6) is 11.5 Å². The summed E-state index contributed by atoms with van der Waals surface area (Å²) in [5.74, 6) is 0.0887. The third kappa shape index (κ3) is 4.82. The zero-order valence-electron chi connectivity index (χ0n) is 20.6. The van der Waals surface area contributed by atoms with Gasteiger partial charge < -0.3 is 40.9 Å². The Labute approximate surface area is 217 Å². The molecule has 5 aromatic rings. The average Bonchev–Trinajstić information content (AvgIpc) is 3.52. The lowest BCUT2D eigenvalue weighted by molar-refractivity contribution is -0.125. The number of fused-ring (bicyclic) bond motifs is 2. The minimum absolute atomic E-state index is 0.242. The maximum absolute atomic E-state index is 13.3. The third-order valence-electron chi connectivity index (χ3n) is 6.17. The van der Waals surface area contributed by atoms with Gasteiger partial charge in [-0.15, -0.1) is 0 Å². The summed E-state index contributed by atoms with van der Waals surface area (Å²) in [6.45, 7) is 0. The van der Waals surface area contributed by atoms with Crippen LogP contribution in [-0.4, -0.2) is 52.2 Å². The molecule has 0 fully saturated rings. The summed E-state index contributed by atoms with van der Waals surface area (Å²) < 4.78 is 10.7. The zero-order valence-corrected chi connectivity index (χ0v) is 20.6. The monoisotopic (exact) mass is 514 g/mol. The Morgan fingerprint density at radius 3 is 2.42 bits per heavy atom. The van der Waals surface area contributed by atoms with Gasteiger partial charge in [-0.2, -0.15) is 0 Å². The van der Waals surface area contributed by atoms with Crippen molar-refractivity contribution in [2.75, 3.05) is 25.3 Å². The number of amides is 2. The molecule has 3 aromatic carbocycles. The SMILES string of the molecule is COc1cc2cc(C(=O)NC(c3ccccc3)C(O)C(=O)Nc3ccc4nc(N)[nH]c4c3)[nH]c2cc1OC. The van der Waals surface area contributed by atoms with Crippen molar-refractivity contribution in [1.82, 2.24) is 20.3 Å². The number of nitrogen functional groups attached to an aromatic ring is 1. The molecule has 11 heteroatoms. The number of aliphatic hydroxyl groups excluding tert-OH is 1. The molecule has 5 rings (SSSR count). The summed E-state index contributed by atoms with van der Waals surface area (Å²) in [4.78, 5) is 36.4. The van der Waals surface area contributed by atoms with Crippen molar-refractivity contribution in [1.29, 1.82) is 0 Å². The number of aromatic nitrogens is 3. The van der Waals surface area contributed by atoms with Crippen LogP contribution in [0.15, 0.2) is 66.7 Å². The molecule has 11 nitrogen and oxygen atoms in total. The summed E-state index contributed by atoms with van der Waals surface area (Å²) >= 11 is 0. The van der Waals surface area contributed by atoms with E-state index in [0.29, 0.717) is 39.3 Å². The van der Waals surface area contributed by atoms with Gasteiger partial charge in [0.25, 0.3) is 11.8 Å². The number of nitrogens with one attached hydrogen (secondary N) is 4. The van der Waals surface area contributed by atoms with E-state index in [1.54, 1.807) is 66.7 Å². The first kappa shape index (κ1) is 24.7. The molecule has 2 atom stereocenters. The van der Waals surface area contributed by atoms with E-state index in [9.17, 15) is 14.7 Å². The number of ether oxygens (including phenoxy) is 2. The van der Waals surface area contributed by atoms with Gasteiger partial charge in [0.1, 0.15) is 5.69 Å². The Morgan fingerprint density at radius 1 is 0.947 bits per heavy atom. The number of H-pyrrole nitrogens is 2. The minimum atomic E-state index is -1.60. The molecule has 194 valence electrons. The molecule has 2 aromatic heterocycles. The third-order valence-corrected chi connectivity index (χ3v) is 6.17. The van der Waals surface area contributed by atoms with E-state index in [-0.39, 0.29) is 11.6 Å². The van der Waals surface area contributed by atoms with Gasteiger partial charge in [-0.3, -0.25) is 9.59 Å². The average molecular weight is 515 g/mol.